The van der Waals surface area contributed by atoms with Gasteiger partial charge in [0.2, 0.25) is 0 Å². The van der Waals surface area contributed by atoms with Crippen molar-refractivity contribution in [2.75, 3.05) is 6.61 Å². The van der Waals surface area contributed by atoms with E-state index in [0.717, 1.165) is 65.5 Å². The highest BCUT2D eigenvalue weighted by Gasteiger charge is 2.25. The van der Waals surface area contributed by atoms with Crippen LogP contribution in [0.1, 0.15) is 47.6 Å². The molecular formula is C20H23N3O3S2. The summed E-state index contributed by atoms with van der Waals surface area (Å²) in [6.07, 6.45) is 6.59. The zero-order valence-electron chi connectivity index (χ0n) is 15.9. The molecule has 8 heteroatoms. The van der Waals surface area contributed by atoms with Crippen LogP contribution in [0.2, 0.25) is 0 Å². The largest absolute Gasteiger partial charge is 0.376 e. The number of fused-ring (bicyclic) bond motifs is 3. The van der Waals surface area contributed by atoms with E-state index in [1.165, 1.54) is 16.9 Å². The maximum Gasteiger partial charge on any atom is 0.263 e. The first-order chi connectivity index (χ1) is 13.7. The number of nitrogens with zero attached hydrogens (tertiary/aromatic N) is 3. The monoisotopic (exact) mass is 417 g/mol. The number of thiophene rings is 1. The average Bonchev–Trinajstić information content (AvgIpc) is 3.42. The van der Waals surface area contributed by atoms with E-state index in [-0.39, 0.29) is 11.7 Å². The Hall–Kier alpha value is -1.64. The highest BCUT2D eigenvalue weighted by Crippen LogP contribution is 2.35. The molecule has 0 radical (unpaired) electrons. The van der Waals surface area contributed by atoms with Gasteiger partial charge in [-0.05, 0) is 51.0 Å². The van der Waals surface area contributed by atoms with Crippen LogP contribution in [0.3, 0.4) is 0 Å². The van der Waals surface area contributed by atoms with Gasteiger partial charge in [-0.3, -0.25) is 9.36 Å². The van der Waals surface area contributed by atoms with Crippen LogP contribution < -0.4 is 5.56 Å². The topological polar surface area (TPSA) is 70.2 Å². The number of rotatable bonds is 5. The van der Waals surface area contributed by atoms with E-state index in [2.05, 4.69) is 5.16 Å². The molecule has 0 aromatic carbocycles. The van der Waals surface area contributed by atoms with Gasteiger partial charge in [0.05, 0.1) is 23.7 Å². The van der Waals surface area contributed by atoms with Gasteiger partial charge in [0.25, 0.3) is 5.56 Å². The quantitative estimate of drug-likeness (QED) is 0.460. The maximum absolute atomic E-state index is 13.5. The van der Waals surface area contributed by atoms with E-state index in [1.54, 1.807) is 23.1 Å². The van der Waals surface area contributed by atoms with Gasteiger partial charge in [-0.15, -0.1) is 11.3 Å². The van der Waals surface area contributed by atoms with Crippen molar-refractivity contribution in [2.45, 2.75) is 69.0 Å². The lowest BCUT2D eigenvalue weighted by atomic mass is 9.97. The first-order valence-corrected chi connectivity index (χ1v) is 11.7. The molecule has 1 atom stereocenters. The number of hydrogen-bond acceptors (Lipinski definition) is 7. The predicted molar refractivity (Wildman–Crippen MR) is 110 cm³/mol. The SMILES string of the molecule is Cc1cc(CSc2nc3sc4c(c3c(=O)n2C[C@H]2CCCO2)CCCC4)no1. The van der Waals surface area contributed by atoms with Crippen molar-refractivity contribution in [1.82, 2.24) is 14.7 Å². The number of thioether (sulfide) groups is 1. The third-order valence-electron chi connectivity index (χ3n) is 5.48. The van der Waals surface area contributed by atoms with Crippen LogP contribution in [0, 0.1) is 6.92 Å². The predicted octanol–water partition coefficient (Wildman–Crippen LogP) is 4.10. The van der Waals surface area contributed by atoms with Gasteiger partial charge in [0.15, 0.2) is 5.16 Å². The van der Waals surface area contributed by atoms with Gasteiger partial charge < -0.3 is 9.26 Å². The number of aryl methyl sites for hydroxylation is 3. The second-order valence-electron chi connectivity index (χ2n) is 7.55. The van der Waals surface area contributed by atoms with Gasteiger partial charge in [0, 0.05) is 23.3 Å². The summed E-state index contributed by atoms with van der Waals surface area (Å²) >= 11 is 3.25. The molecule has 0 spiro atoms. The van der Waals surface area contributed by atoms with Crippen LogP contribution in [-0.2, 0) is 29.9 Å². The minimum atomic E-state index is 0.0960. The molecule has 3 aromatic heterocycles. The van der Waals surface area contributed by atoms with Gasteiger partial charge >= 0.3 is 0 Å². The standard InChI is InChI=1S/C20H23N3O3S2/c1-12-9-13(22-26-12)11-27-20-21-18-17(15-6-2-3-7-16(15)28-18)19(24)23(20)10-14-5-4-8-25-14/h9,14H,2-8,10-11H2,1H3/t14-/m1/s1. The van der Waals surface area contributed by atoms with Crippen molar-refractivity contribution in [1.29, 1.82) is 0 Å². The lowest BCUT2D eigenvalue weighted by Gasteiger charge is -2.16. The number of ether oxygens (including phenoxy) is 1. The molecule has 1 saturated heterocycles. The molecule has 5 rings (SSSR count). The van der Waals surface area contributed by atoms with Crippen molar-refractivity contribution >= 4 is 33.3 Å². The zero-order chi connectivity index (χ0) is 19.1. The minimum absolute atomic E-state index is 0.0960. The maximum atomic E-state index is 13.5. The summed E-state index contributed by atoms with van der Waals surface area (Å²) < 4.78 is 12.8. The average molecular weight is 418 g/mol. The first kappa shape index (κ1) is 18.4. The van der Waals surface area contributed by atoms with E-state index >= 15 is 0 Å². The normalized spacial score (nSPS) is 19.4. The molecule has 0 amide bonds. The fourth-order valence-electron chi connectivity index (χ4n) is 4.11. The zero-order valence-corrected chi connectivity index (χ0v) is 17.5. The van der Waals surface area contributed by atoms with Crippen molar-refractivity contribution in [3.8, 4) is 0 Å². The molecule has 1 aliphatic carbocycles. The first-order valence-electron chi connectivity index (χ1n) is 9.91. The fraction of sp³-hybridized carbons (Fsp3) is 0.550. The Morgan fingerprint density at radius 3 is 3.00 bits per heavy atom. The Bertz CT molecular complexity index is 1060. The Kier molecular flexibility index (Phi) is 5.02. The van der Waals surface area contributed by atoms with E-state index in [0.29, 0.717) is 12.3 Å². The molecule has 1 fully saturated rings. The Morgan fingerprint density at radius 1 is 1.32 bits per heavy atom. The van der Waals surface area contributed by atoms with Gasteiger partial charge in [-0.2, -0.15) is 0 Å². The van der Waals surface area contributed by atoms with Crippen LogP contribution in [0.5, 0.6) is 0 Å². The van der Waals surface area contributed by atoms with Crippen molar-refractivity contribution in [3.63, 3.8) is 0 Å². The molecule has 0 N–H and O–H groups in total. The van der Waals surface area contributed by atoms with Crippen LogP contribution in [0.15, 0.2) is 20.5 Å². The van der Waals surface area contributed by atoms with Crippen molar-refractivity contribution < 1.29 is 9.26 Å². The van der Waals surface area contributed by atoms with Crippen LogP contribution in [0.25, 0.3) is 10.2 Å². The van der Waals surface area contributed by atoms with E-state index in [1.807, 2.05) is 17.6 Å². The molecule has 0 saturated carbocycles. The lowest BCUT2D eigenvalue weighted by molar-refractivity contribution is 0.0937. The van der Waals surface area contributed by atoms with E-state index in [4.69, 9.17) is 14.2 Å². The molecule has 0 bridgehead atoms. The molecule has 1 aliphatic heterocycles. The summed E-state index contributed by atoms with van der Waals surface area (Å²) in [5.41, 5.74) is 2.21. The van der Waals surface area contributed by atoms with Crippen molar-refractivity contribution in [3.05, 3.63) is 38.3 Å². The van der Waals surface area contributed by atoms with Gasteiger partial charge in [-0.25, -0.2) is 4.98 Å². The molecular weight excluding hydrogens is 394 g/mol. The summed E-state index contributed by atoms with van der Waals surface area (Å²) in [6, 6.07) is 1.93. The van der Waals surface area contributed by atoms with Crippen LogP contribution >= 0.6 is 23.1 Å². The second-order valence-corrected chi connectivity index (χ2v) is 9.58. The molecule has 3 aromatic rings. The highest BCUT2D eigenvalue weighted by molar-refractivity contribution is 7.98. The molecule has 6 nitrogen and oxygen atoms in total. The van der Waals surface area contributed by atoms with E-state index in [9.17, 15) is 4.79 Å². The van der Waals surface area contributed by atoms with Crippen LogP contribution in [-0.4, -0.2) is 27.4 Å². The number of aromatic nitrogens is 3. The molecule has 28 heavy (non-hydrogen) atoms. The summed E-state index contributed by atoms with van der Waals surface area (Å²) in [6.45, 7) is 3.24. The highest BCUT2D eigenvalue weighted by atomic mass is 32.2. The minimum Gasteiger partial charge on any atom is -0.376 e. The summed E-state index contributed by atoms with van der Waals surface area (Å²) in [4.78, 5) is 20.7. The Morgan fingerprint density at radius 2 is 2.21 bits per heavy atom. The molecule has 4 heterocycles. The summed E-state index contributed by atoms with van der Waals surface area (Å²) in [5, 5.41) is 5.67. The molecule has 2 aliphatic rings. The van der Waals surface area contributed by atoms with E-state index < -0.39 is 0 Å². The third kappa shape index (κ3) is 3.42. The third-order valence-corrected chi connectivity index (χ3v) is 7.67. The Labute approximate surface area is 171 Å². The molecule has 148 valence electrons. The van der Waals surface area contributed by atoms with Gasteiger partial charge in [-0.1, -0.05) is 16.9 Å². The second kappa shape index (κ2) is 7.65. The summed E-state index contributed by atoms with van der Waals surface area (Å²) in [5.74, 6) is 1.42. The Balaban J connectivity index is 1.56. The lowest BCUT2D eigenvalue weighted by Crippen LogP contribution is -2.29. The van der Waals surface area contributed by atoms with Gasteiger partial charge in [0.1, 0.15) is 10.6 Å². The molecule has 0 unspecified atom stereocenters. The number of hydrogen-bond donors (Lipinski definition) is 0. The summed E-state index contributed by atoms with van der Waals surface area (Å²) in [7, 11) is 0. The smallest absolute Gasteiger partial charge is 0.263 e. The van der Waals surface area contributed by atoms with Crippen LogP contribution in [0.4, 0.5) is 0 Å². The fourth-order valence-corrected chi connectivity index (χ4v) is 6.30. The van der Waals surface area contributed by atoms with Crippen molar-refractivity contribution in [2.24, 2.45) is 0 Å².